The Balaban J connectivity index is 1.67. The number of aryl methyl sites for hydroxylation is 2. The monoisotopic (exact) mass is 378 g/mol. The number of nitrogens with one attached hydrogen (secondary N) is 2. The maximum absolute atomic E-state index is 13.4. The Morgan fingerprint density at radius 2 is 1.82 bits per heavy atom. The minimum atomic E-state index is -1.03. The normalized spacial score (nSPS) is 11.0. The lowest BCUT2D eigenvalue weighted by Gasteiger charge is -2.10. The molecule has 4 aromatic rings. The Bertz CT molecular complexity index is 1220. The molecule has 0 atom stereocenters. The highest BCUT2D eigenvalue weighted by Crippen LogP contribution is 2.25. The van der Waals surface area contributed by atoms with Crippen molar-refractivity contribution in [1.82, 2.24) is 15.2 Å². The molecule has 140 valence electrons. The molecule has 0 fully saturated rings. The smallest absolute Gasteiger partial charge is 0.274 e. The fourth-order valence-electron chi connectivity index (χ4n) is 2.99. The van der Waals surface area contributed by atoms with Gasteiger partial charge in [-0.1, -0.05) is 18.2 Å². The first kappa shape index (κ1) is 17.8. The number of halogens is 2. The van der Waals surface area contributed by atoms with Gasteiger partial charge < -0.3 is 5.32 Å². The fraction of sp³-hybridized carbons (Fsp3) is 0.0952. The predicted octanol–water partition coefficient (Wildman–Crippen LogP) is 4.77. The number of benzene rings is 2. The van der Waals surface area contributed by atoms with Crippen molar-refractivity contribution in [2.75, 3.05) is 5.32 Å². The summed E-state index contributed by atoms with van der Waals surface area (Å²) in [5.74, 6) is -2.50. The van der Waals surface area contributed by atoms with Gasteiger partial charge in [0, 0.05) is 28.4 Å². The van der Waals surface area contributed by atoms with E-state index in [9.17, 15) is 13.6 Å². The van der Waals surface area contributed by atoms with E-state index in [0.717, 1.165) is 34.3 Å². The molecule has 7 heteroatoms. The van der Waals surface area contributed by atoms with E-state index in [1.165, 1.54) is 6.07 Å². The van der Waals surface area contributed by atoms with Gasteiger partial charge in [0.1, 0.15) is 5.69 Å². The SMILES string of the molecule is Cc1ccc(-c2ccc3c(C)[nH]nc3c2)nc1C(=O)Nc1ccc(F)c(F)c1. The van der Waals surface area contributed by atoms with Crippen molar-refractivity contribution >= 4 is 22.5 Å². The molecule has 4 rings (SSSR count). The molecule has 28 heavy (non-hydrogen) atoms. The van der Waals surface area contributed by atoms with E-state index in [2.05, 4.69) is 20.5 Å². The number of H-pyrrole nitrogens is 1. The molecule has 2 aromatic carbocycles. The van der Waals surface area contributed by atoms with E-state index in [1.54, 1.807) is 13.0 Å². The first-order chi connectivity index (χ1) is 13.4. The van der Waals surface area contributed by atoms with Crippen molar-refractivity contribution in [3.05, 3.63) is 77.1 Å². The van der Waals surface area contributed by atoms with Gasteiger partial charge in [0.05, 0.1) is 11.2 Å². The maximum Gasteiger partial charge on any atom is 0.274 e. The Hall–Kier alpha value is -3.61. The van der Waals surface area contributed by atoms with Crippen molar-refractivity contribution in [1.29, 1.82) is 0 Å². The molecule has 2 aromatic heterocycles. The third-order valence-electron chi connectivity index (χ3n) is 4.53. The number of fused-ring (bicyclic) bond motifs is 1. The first-order valence-electron chi connectivity index (χ1n) is 8.61. The molecular weight excluding hydrogens is 362 g/mol. The van der Waals surface area contributed by atoms with Gasteiger partial charge in [-0.25, -0.2) is 13.8 Å². The highest BCUT2D eigenvalue weighted by atomic mass is 19.2. The number of rotatable bonds is 3. The van der Waals surface area contributed by atoms with Gasteiger partial charge in [-0.3, -0.25) is 9.89 Å². The lowest BCUT2D eigenvalue weighted by atomic mass is 10.1. The highest BCUT2D eigenvalue weighted by Gasteiger charge is 2.15. The third kappa shape index (κ3) is 3.22. The summed E-state index contributed by atoms with van der Waals surface area (Å²) in [7, 11) is 0. The molecule has 0 radical (unpaired) electrons. The molecule has 2 N–H and O–H groups in total. The molecule has 0 spiro atoms. The Kier molecular flexibility index (Phi) is 4.35. The van der Waals surface area contributed by atoms with Crippen molar-refractivity contribution in [2.45, 2.75) is 13.8 Å². The Morgan fingerprint density at radius 1 is 1.00 bits per heavy atom. The van der Waals surface area contributed by atoms with Crippen LogP contribution < -0.4 is 5.32 Å². The summed E-state index contributed by atoms with van der Waals surface area (Å²) in [6.45, 7) is 3.71. The average molecular weight is 378 g/mol. The number of carbonyl (C=O) groups excluding carboxylic acids is 1. The summed E-state index contributed by atoms with van der Waals surface area (Å²) in [5, 5.41) is 10.8. The second kappa shape index (κ2) is 6.84. The molecule has 0 aliphatic heterocycles. The highest BCUT2D eigenvalue weighted by molar-refractivity contribution is 6.04. The third-order valence-corrected chi connectivity index (χ3v) is 4.53. The van der Waals surface area contributed by atoms with Crippen molar-refractivity contribution in [2.24, 2.45) is 0 Å². The summed E-state index contributed by atoms with van der Waals surface area (Å²) in [4.78, 5) is 17.1. The predicted molar refractivity (Wildman–Crippen MR) is 103 cm³/mol. The maximum atomic E-state index is 13.4. The number of aromatic amines is 1. The molecule has 5 nitrogen and oxygen atoms in total. The molecule has 2 heterocycles. The standard InChI is InChI=1S/C21H16F2N4O/c1-11-3-8-18(13-4-6-15-12(2)26-27-19(15)9-13)25-20(11)21(28)24-14-5-7-16(22)17(23)10-14/h3-10H,1-2H3,(H,24,28)(H,26,27). The summed E-state index contributed by atoms with van der Waals surface area (Å²) in [6.07, 6.45) is 0. The van der Waals surface area contributed by atoms with E-state index in [4.69, 9.17) is 0 Å². The molecule has 0 unspecified atom stereocenters. The van der Waals surface area contributed by atoms with Gasteiger partial charge in [-0.15, -0.1) is 0 Å². The number of nitrogens with zero attached hydrogens (tertiary/aromatic N) is 2. The molecule has 0 aliphatic carbocycles. The van der Waals surface area contributed by atoms with Crippen molar-refractivity contribution in [3.8, 4) is 11.3 Å². The molecule has 0 aliphatic rings. The second-order valence-electron chi connectivity index (χ2n) is 6.53. The summed E-state index contributed by atoms with van der Waals surface area (Å²) >= 11 is 0. The summed E-state index contributed by atoms with van der Waals surface area (Å²) in [6, 6.07) is 12.6. The van der Waals surface area contributed by atoms with Crippen LogP contribution in [0, 0.1) is 25.5 Å². The van der Waals surface area contributed by atoms with E-state index in [0.29, 0.717) is 11.3 Å². The number of carbonyl (C=O) groups is 1. The van der Waals surface area contributed by atoms with Crippen LogP contribution >= 0.6 is 0 Å². The van der Waals surface area contributed by atoms with Gasteiger partial charge in [-0.2, -0.15) is 5.10 Å². The van der Waals surface area contributed by atoms with Crippen LogP contribution in [0.5, 0.6) is 0 Å². The summed E-state index contributed by atoms with van der Waals surface area (Å²) < 4.78 is 26.4. The van der Waals surface area contributed by atoms with Crippen LogP contribution in [0.3, 0.4) is 0 Å². The van der Waals surface area contributed by atoms with Crippen molar-refractivity contribution in [3.63, 3.8) is 0 Å². The lowest BCUT2D eigenvalue weighted by molar-refractivity contribution is 0.102. The number of amides is 1. The number of aromatic nitrogens is 3. The molecular formula is C21H16F2N4O. The first-order valence-corrected chi connectivity index (χ1v) is 8.61. The number of anilines is 1. The number of pyridine rings is 1. The van der Waals surface area contributed by atoms with Crippen LogP contribution in [-0.2, 0) is 0 Å². The van der Waals surface area contributed by atoms with Crippen LogP contribution in [0.15, 0.2) is 48.5 Å². The van der Waals surface area contributed by atoms with Crippen molar-refractivity contribution < 1.29 is 13.6 Å². The van der Waals surface area contributed by atoms with Crippen LogP contribution in [0.2, 0.25) is 0 Å². The van der Waals surface area contributed by atoms with Gasteiger partial charge >= 0.3 is 0 Å². The van der Waals surface area contributed by atoms with E-state index >= 15 is 0 Å². The molecule has 0 saturated heterocycles. The Morgan fingerprint density at radius 3 is 2.61 bits per heavy atom. The average Bonchev–Trinajstić information content (AvgIpc) is 3.05. The fourth-order valence-corrected chi connectivity index (χ4v) is 2.99. The zero-order chi connectivity index (χ0) is 19.8. The zero-order valence-electron chi connectivity index (χ0n) is 15.2. The van der Waals surface area contributed by atoms with Crippen LogP contribution in [-0.4, -0.2) is 21.1 Å². The minimum absolute atomic E-state index is 0.156. The zero-order valence-corrected chi connectivity index (χ0v) is 15.2. The van der Waals surface area contributed by atoms with E-state index in [-0.39, 0.29) is 11.4 Å². The summed E-state index contributed by atoms with van der Waals surface area (Å²) in [5.41, 5.74) is 4.25. The van der Waals surface area contributed by atoms with E-state index in [1.807, 2.05) is 31.2 Å². The largest absolute Gasteiger partial charge is 0.321 e. The number of hydrogen-bond donors (Lipinski definition) is 2. The molecule has 1 amide bonds. The lowest BCUT2D eigenvalue weighted by Crippen LogP contribution is -2.16. The molecule has 0 bridgehead atoms. The number of hydrogen-bond acceptors (Lipinski definition) is 3. The van der Waals surface area contributed by atoms with E-state index < -0.39 is 17.5 Å². The molecule has 0 saturated carbocycles. The van der Waals surface area contributed by atoms with Gasteiger partial charge in [-0.05, 0) is 43.7 Å². The quantitative estimate of drug-likeness (QED) is 0.539. The topological polar surface area (TPSA) is 70.7 Å². The van der Waals surface area contributed by atoms with Gasteiger partial charge in [0.15, 0.2) is 11.6 Å². The van der Waals surface area contributed by atoms with Gasteiger partial charge in [0.25, 0.3) is 5.91 Å². The minimum Gasteiger partial charge on any atom is -0.321 e. The van der Waals surface area contributed by atoms with Crippen LogP contribution in [0.25, 0.3) is 22.2 Å². The van der Waals surface area contributed by atoms with Gasteiger partial charge in [0.2, 0.25) is 0 Å². The second-order valence-corrected chi connectivity index (χ2v) is 6.53. The van der Waals surface area contributed by atoms with Crippen LogP contribution in [0.4, 0.5) is 14.5 Å². The van der Waals surface area contributed by atoms with Crippen LogP contribution in [0.1, 0.15) is 21.7 Å². The Labute approximate surface area is 159 Å².